The second-order valence-corrected chi connectivity index (χ2v) is 7.33. The third kappa shape index (κ3) is 3.82. The van der Waals surface area contributed by atoms with E-state index >= 15 is 0 Å². The summed E-state index contributed by atoms with van der Waals surface area (Å²) < 4.78 is 4.77. The molecule has 1 N–H and O–H groups in total. The smallest absolute Gasteiger partial charge is 0.228 e. The molecule has 0 spiro atoms. The minimum Gasteiger partial charge on any atom is -0.326 e. The summed E-state index contributed by atoms with van der Waals surface area (Å²) in [5, 5.41) is 7.46. The van der Waals surface area contributed by atoms with Gasteiger partial charge in [-0.25, -0.2) is 4.68 Å². The van der Waals surface area contributed by atoms with Gasteiger partial charge >= 0.3 is 0 Å². The van der Waals surface area contributed by atoms with Crippen LogP contribution in [0.25, 0.3) is 0 Å². The number of likely N-dealkylation sites (tertiary alicyclic amines) is 1. The number of anilines is 1. The maximum Gasteiger partial charge on any atom is 0.228 e. The van der Waals surface area contributed by atoms with Gasteiger partial charge in [-0.3, -0.25) is 9.69 Å². The topological polar surface area (TPSA) is 55.1 Å². The summed E-state index contributed by atoms with van der Waals surface area (Å²) >= 11 is 5.54. The summed E-state index contributed by atoms with van der Waals surface area (Å²) in [6.07, 6.45) is 6.20. The monoisotopic (exact) mass is 357 g/mol. The first-order chi connectivity index (χ1) is 12.2. The van der Waals surface area contributed by atoms with E-state index in [9.17, 15) is 4.79 Å². The molecule has 1 unspecified atom stereocenters. The highest BCUT2D eigenvalue weighted by Crippen LogP contribution is 2.34. The molecule has 2 fully saturated rings. The number of hydrogen-bond donors (Lipinski definition) is 1. The molecule has 4 rings (SSSR count). The summed E-state index contributed by atoms with van der Waals surface area (Å²) in [5.41, 5.74) is 0.856. The lowest BCUT2D eigenvalue weighted by Crippen LogP contribution is -2.41. The van der Waals surface area contributed by atoms with Crippen LogP contribution in [0.5, 0.6) is 0 Å². The van der Waals surface area contributed by atoms with Gasteiger partial charge in [0.15, 0.2) is 4.77 Å². The molecule has 2 aromatic rings. The molecule has 1 aromatic heterocycles. The minimum absolute atomic E-state index is 0.00800. The predicted octanol–water partition coefficient (Wildman–Crippen LogP) is 3.06. The highest BCUT2D eigenvalue weighted by atomic mass is 32.1. The van der Waals surface area contributed by atoms with Crippen molar-refractivity contribution in [2.75, 3.05) is 18.4 Å². The second kappa shape index (κ2) is 7.09. The number of para-hydroxylation sites is 1. The van der Waals surface area contributed by atoms with Crippen LogP contribution in [0.1, 0.15) is 31.7 Å². The van der Waals surface area contributed by atoms with Crippen molar-refractivity contribution in [3.05, 3.63) is 41.4 Å². The molecular weight excluding hydrogens is 334 g/mol. The van der Waals surface area contributed by atoms with Crippen molar-refractivity contribution in [3.63, 3.8) is 0 Å². The number of piperidine rings is 1. The Labute approximate surface area is 152 Å². The van der Waals surface area contributed by atoms with Crippen LogP contribution < -0.4 is 5.32 Å². The molecule has 6 nitrogen and oxygen atoms in total. The molecule has 2 aliphatic rings. The van der Waals surface area contributed by atoms with Crippen molar-refractivity contribution in [2.24, 2.45) is 5.92 Å². The van der Waals surface area contributed by atoms with Gasteiger partial charge in [0.05, 0.1) is 12.6 Å². The molecular formula is C18H23N5OS. The fraction of sp³-hybridized carbons (Fsp3) is 0.500. The standard InChI is InChI=1S/C18H23N5OS/c24-17(20-15-6-2-1-3-7-15)14-5-4-10-21(11-14)13-23-18(25)22(12-19-23)16-8-9-16/h1-3,6-7,12,14,16H,4-5,8-11,13H2,(H,20,24). The number of carbonyl (C=O) groups excluding carboxylic acids is 1. The van der Waals surface area contributed by atoms with Crippen molar-refractivity contribution in [2.45, 2.75) is 38.4 Å². The van der Waals surface area contributed by atoms with Crippen LogP contribution in [0.2, 0.25) is 0 Å². The molecule has 1 atom stereocenters. The van der Waals surface area contributed by atoms with Gasteiger partial charge in [-0.1, -0.05) is 18.2 Å². The Morgan fingerprint density at radius 2 is 2.04 bits per heavy atom. The molecule has 0 radical (unpaired) electrons. The normalized spacial score (nSPS) is 21.2. The lowest BCUT2D eigenvalue weighted by atomic mass is 9.97. The Morgan fingerprint density at radius 1 is 1.24 bits per heavy atom. The minimum atomic E-state index is 0.00800. The van der Waals surface area contributed by atoms with E-state index in [-0.39, 0.29) is 11.8 Å². The summed E-state index contributed by atoms with van der Waals surface area (Å²) in [5.74, 6) is 0.108. The molecule has 25 heavy (non-hydrogen) atoms. The summed E-state index contributed by atoms with van der Waals surface area (Å²) in [6.45, 7) is 2.39. The molecule has 2 heterocycles. The van der Waals surface area contributed by atoms with E-state index in [1.165, 1.54) is 12.8 Å². The van der Waals surface area contributed by atoms with Crippen LogP contribution in [0.4, 0.5) is 5.69 Å². The maximum absolute atomic E-state index is 12.5. The number of carbonyl (C=O) groups is 1. The molecule has 1 aliphatic carbocycles. The van der Waals surface area contributed by atoms with Crippen molar-refractivity contribution in [1.29, 1.82) is 0 Å². The molecule has 1 aliphatic heterocycles. The quantitative estimate of drug-likeness (QED) is 0.836. The lowest BCUT2D eigenvalue weighted by Gasteiger charge is -2.31. The molecule has 0 bridgehead atoms. The van der Waals surface area contributed by atoms with Gasteiger partial charge in [-0.2, -0.15) is 5.10 Å². The van der Waals surface area contributed by atoms with Crippen LogP contribution in [-0.4, -0.2) is 38.2 Å². The van der Waals surface area contributed by atoms with Crippen LogP contribution in [0, 0.1) is 10.7 Å². The number of hydrogen-bond acceptors (Lipinski definition) is 4. The summed E-state index contributed by atoms with van der Waals surface area (Å²) in [4.78, 5) is 14.8. The summed E-state index contributed by atoms with van der Waals surface area (Å²) in [7, 11) is 0. The first kappa shape index (κ1) is 16.5. The van der Waals surface area contributed by atoms with Crippen LogP contribution in [0.15, 0.2) is 36.7 Å². The maximum atomic E-state index is 12.5. The largest absolute Gasteiger partial charge is 0.326 e. The molecule has 1 aromatic carbocycles. The number of amides is 1. The predicted molar refractivity (Wildman–Crippen MR) is 98.7 cm³/mol. The SMILES string of the molecule is O=C(Nc1ccccc1)C1CCCN(Cn2ncn(C3CC3)c2=S)C1. The molecule has 1 saturated heterocycles. The first-order valence-corrected chi connectivity index (χ1v) is 9.34. The number of rotatable bonds is 5. The highest BCUT2D eigenvalue weighted by molar-refractivity contribution is 7.71. The average Bonchev–Trinajstić information content (AvgIpc) is 3.41. The Bertz CT molecular complexity index is 795. The van der Waals surface area contributed by atoms with E-state index in [4.69, 9.17) is 12.2 Å². The Kier molecular flexibility index (Phi) is 4.67. The third-order valence-electron chi connectivity index (χ3n) is 4.95. The molecule has 132 valence electrons. The first-order valence-electron chi connectivity index (χ1n) is 8.93. The Hall–Kier alpha value is -1.99. The van der Waals surface area contributed by atoms with E-state index < -0.39 is 0 Å². The van der Waals surface area contributed by atoms with Crippen LogP contribution in [-0.2, 0) is 11.5 Å². The fourth-order valence-electron chi connectivity index (χ4n) is 3.40. The Morgan fingerprint density at radius 3 is 2.80 bits per heavy atom. The van der Waals surface area contributed by atoms with Gasteiger partial charge in [0, 0.05) is 18.3 Å². The van der Waals surface area contributed by atoms with Gasteiger partial charge < -0.3 is 9.88 Å². The van der Waals surface area contributed by atoms with Crippen molar-refractivity contribution >= 4 is 23.8 Å². The van der Waals surface area contributed by atoms with Crippen molar-refractivity contribution < 1.29 is 4.79 Å². The van der Waals surface area contributed by atoms with E-state index in [2.05, 4.69) is 19.9 Å². The summed E-state index contributed by atoms with van der Waals surface area (Å²) in [6, 6.07) is 10.2. The van der Waals surface area contributed by atoms with E-state index in [0.717, 1.165) is 36.4 Å². The lowest BCUT2D eigenvalue weighted by molar-refractivity contribution is -0.121. The van der Waals surface area contributed by atoms with Gasteiger partial charge in [0.2, 0.25) is 5.91 Å². The molecule has 7 heteroatoms. The number of nitrogens with zero attached hydrogens (tertiary/aromatic N) is 4. The zero-order valence-electron chi connectivity index (χ0n) is 14.2. The van der Waals surface area contributed by atoms with Gasteiger partial charge in [0.1, 0.15) is 6.33 Å². The number of benzene rings is 1. The van der Waals surface area contributed by atoms with Crippen LogP contribution >= 0.6 is 12.2 Å². The zero-order valence-corrected chi connectivity index (χ0v) is 15.0. The average molecular weight is 357 g/mol. The molecule has 1 amide bonds. The van der Waals surface area contributed by atoms with Crippen LogP contribution in [0.3, 0.4) is 0 Å². The van der Waals surface area contributed by atoms with E-state index in [0.29, 0.717) is 12.7 Å². The highest BCUT2D eigenvalue weighted by Gasteiger charge is 2.28. The molecule has 1 saturated carbocycles. The van der Waals surface area contributed by atoms with Gasteiger partial charge in [-0.05, 0) is 56.6 Å². The van der Waals surface area contributed by atoms with Crippen molar-refractivity contribution in [3.8, 4) is 0 Å². The van der Waals surface area contributed by atoms with Gasteiger partial charge in [0.25, 0.3) is 0 Å². The van der Waals surface area contributed by atoms with E-state index in [1.807, 2.05) is 41.3 Å². The van der Waals surface area contributed by atoms with E-state index in [1.54, 1.807) is 0 Å². The zero-order chi connectivity index (χ0) is 17.2. The fourth-order valence-corrected chi connectivity index (χ4v) is 3.70. The Balaban J connectivity index is 1.37. The second-order valence-electron chi connectivity index (χ2n) is 6.96. The van der Waals surface area contributed by atoms with Gasteiger partial charge in [-0.15, -0.1) is 0 Å². The number of nitrogens with one attached hydrogen (secondary N) is 1. The van der Waals surface area contributed by atoms with Crippen molar-refractivity contribution in [1.82, 2.24) is 19.2 Å². The number of aromatic nitrogens is 3. The third-order valence-corrected chi connectivity index (χ3v) is 5.37.